The average molecular weight is 345 g/mol. The Labute approximate surface area is 140 Å². The van der Waals surface area contributed by atoms with Crippen molar-refractivity contribution in [2.75, 3.05) is 5.43 Å². The highest BCUT2D eigenvalue weighted by molar-refractivity contribution is 5.99. The number of nitro groups is 3. The molecule has 1 N–H and O–H groups in total. The molecule has 0 aliphatic rings. The van der Waals surface area contributed by atoms with Crippen LogP contribution in [0.4, 0.5) is 22.7 Å². The second kappa shape index (κ2) is 7.12. The standard InChI is InChI=1S/C14H11N5O6/c1-9(10-3-2-4-11(7-10)17(20)21)15-16-13-6-5-12(18(22)23)8-14(13)19(24)25/h2-8,16H,1H3/b15-9+. The highest BCUT2D eigenvalue weighted by Gasteiger charge is 2.19. The summed E-state index contributed by atoms with van der Waals surface area (Å²) in [4.78, 5) is 30.5. The van der Waals surface area contributed by atoms with Crippen molar-refractivity contribution < 1.29 is 14.8 Å². The van der Waals surface area contributed by atoms with Crippen molar-refractivity contribution in [3.05, 3.63) is 78.4 Å². The van der Waals surface area contributed by atoms with Crippen LogP contribution in [0.3, 0.4) is 0 Å². The molecule has 0 fully saturated rings. The molecule has 0 aliphatic carbocycles. The summed E-state index contributed by atoms with van der Waals surface area (Å²) in [5.41, 5.74) is 2.17. The zero-order valence-electron chi connectivity index (χ0n) is 12.8. The number of hydrogen-bond acceptors (Lipinski definition) is 8. The zero-order valence-corrected chi connectivity index (χ0v) is 12.8. The van der Waals surface area contributed by atoms with Crippen molar-refractivity contribution in [3.8, 4) is 0 Å². The third-order valence-electron chi connectivity index (χ3n) is 3.21. The first-order valence-electron chi connectivity index (χ1n) is 6.77. The molecule has 2 rings (SSSR count). The molecule has 2 aromatic carbocycles. The van der Waals surface area contributed by atoms with Gasteiger partial charge in [0.05, 0.1) is 26.5 Å². The van der Waals surface area contributed by atoms with Crippen molar-refractivity contribution in [3.63, 3.8) is 0 Å². The van der Waals surface area contributed by atoms with E-state index in [1.54, 1.807) is 13.0 Å². The maximum absolute atomic E-state index is 11.1. The molecule has 2 aromatic rings. The van der Waals surface area contributed by atoms with Gasteiger partial charge in [0.2, 0.25) is 0 Å². The quantitative estimate of drug-likeness (QED) is 0.478. The first-order valence-corrected chi connectivity index (χ1v) is 6.77. The van der Waals surface area contributed by atoms with Crippen molar-refractivity contribution in [2.45, 2.75) is 6.92 Å². The molecular formula is C14H11N5O6. The predicted molar refractivity (Wildman–Crippen MR) is 88.7 cm³/mol. The minimum absolute atomic E-state index is 0.0413. The fourth-order valence-corrected chi connectivity index (χ4v) is 1.93. The molecule has 0 spiro atoms. The number of nitrogens with zero attached hydrogens (tertiary/aromatic N) is 4. The minimum Gasteiger partial charge on any atom is -0.271 e. The van der Waals surface area contributed by atoms with Gasteiger partial charge in [-0.1, -0.05) is 12.1 Å². The van der Waals surface area contributed by atoms with E-state index < -0.39 is 26.1 Å². The van der Waals surface area contributed by atoms with Gasteiger partial charge in [-0.15, -0.1) is 0 Å². The number of benzene rings is 2. The van der Waals surface area contributed by atoms with Crippen LogP contribution in [-0.4, -0.2) is 20.5 Å². The molecule has 0 radical (unpaired) electrons. The number of nitrogens with one attached hydrogen (secondary N) is 1. The van der Waals surface area contributed by atoms with Crippen LogP contribution in [0.1, 0.15) is 12.5 Å². The van der Waals surface area contributed by atoms with Gasteiger partial charge in [-0.2, -0.15) is 5.10 Å². The molecule has 0 aliphatic heterocycles. The van der Waals surface area contributed by atoms with Crippen LogP contribution >= 0.6 is 0 Å². The monoisotopic (exact) mass is 345 g/mol. The van der Waals surface area contributed by atoms with Gasteiger partial charge in [-0.05, 0) is 13.0 Å². The maximum Gasteiger partial charge on any atom is 0.301 e. The summed E-state index contributed by atoms with van der Waals surface area (Å²) in [6.07, 6.45) is 0. The van der Waals surface area contributed by atoms with Gasteiger partial charge in [-0.3, -0.25) is 35.8 Å². The number of anilines is 1. The Hall–Kier alpha value is -3.89. The lowest BCUT2D eigenvalue weighted by Crippen LogP contribution is -2.03. The van der Waals surface area contributed by atoms with E-state index in [0.29, 0.717) is 11.3 Å². The lowest BCUT2D eigenvalue weighted by Gasteiger charge is -2.05. The normalized spacial score (nSPS) is 11.0. The van der Waals surface area contributed by atoms with E-state index in [4.69, 9.17) is 0 Å². The Kier molecular flexibility index (Phi) is 4.98. The average Bonchev–Trinajstić information content (AvgIpc) is 2.59. The summed E-state index contributed by atoms with van der Waals surface area (Å²) in [6, 6.07) is 8.81. The SMILES string of the molecule is C/C(=N\Nc1ccc([N+](=O)[O-])cc1[N+](=O)[O-])c1cccc([N+](=O)[O-])c1. The van der Waals surface area contributed by atoms with Crippen LogP contribution < -0.4 is 5.43 Å². The Morgan fingerprint density at radius 2 is 1.56 bits per heavy atom. The van der Waals surface area contributed by atoms with E-state index in [-0.39, 0.29) is 11.4 Å². The number of hydrogen-bond donors (Lipinski definition) is 1. The number of rotatable bonds is 6. The highest BCUT2D eigenvalue weighted by atomic mass is 16.6. The van der Waals surface area contributed by atoms with E-state index in [0.717, 1.165) is 12.1 Å². The van der Waals surface area contributed by atoms with E-state index in [9.17, 15) is 30.3 Å². The van der Waals surface area contributed by atoms with Gasteiger partial charge >= 0.3 is 5.69 Å². The van der Waals surface area contributed by atoms with Gasteiger partial charge in [0.1, 0.15) is 5.69 Å². The fraction of sp³-hybridized carbons (Fsp3) is 0.0714. The van der Waals surface area contributed by atoms with Crippen molar-refractivity contribution >= 4 is 28.5 Å². The first-order chi connectivity index (χ1) is 11.8. The Bertz CT molecular complexity index is 895. The van der Waals surface area contributed by atoms with Crippen LogP contribution in [0.2, 0.25) is 0 Å². The third-order valence-corrected chi connectivity index (χ3v) is 3.21. The second-order valence-electron chi connectivity index (χ2n) is 4.83. The lowest BCUT2D eigenvalue weighted by molar-refractivity contribution is -0.393. The van der Waals surface area contributed by atoms with Crippen molar-refractivity contribution in [1.29, 1.82) is 0 Å². The van der Waals surface area contributed by atoms with Crippen LogP contribution in [-0.2, 0) is 0 Å². The second-order valence-corrected chi connectivity index (χ2v) is 4.83. The minimum atomic E-state index is -0.770. The van der Waals surface area contributed by atoms with Gasteiger partial charge < -0.3 is 0 Å². The molecule has 0 saturated carbocycles. The van der Waals surface area contributed by atoms with Crippen LogP contribution in [0.25, 0.3) is 0 Å². The van der Waals surface area contributed by atoms with Gasteiger partial charge in [0, 0.05) is 23.8 Å². The molecule has 25 heavy (non-hydrogen) atoms. The van der Waals surface area contributed by atoms with Gasteiger partial charge in [-0.25, -0.2) is 0 Å². The molecule has 0 aromatic heterocycles. The molecule has 0 amide bonds. The summed E-state index contributed by atoms with van der Waals surface area (Å²) in [7, 11) is 0. The topological polar surface area (TPSA) is 154 Å². The fourth-order valence-electron chi connectivity index (χ4n) is 1.93. The summed E-state index contributed by atoms with van der Waals surface area (Å²) in [6.45, 7) is 1.56. The first kappa shape index (κ1) is 17.5. The lowest BCUT2D eigenvalue weighted by atomic mass is 10.1. The molecular weight excluding hydrogens is 334 g/mol. The highest BCUT2D eigenvalue weighted by Crippen LogP contribution is 2.29. The summed E-state index contributed by atoms with van der Waals surface area (Å²) in [5, 5.41) is 36.5. The summed E-state index contributed by atoms with van der Waals surface area (Å²) in [5.74, 6) is 0. The summed E-state index contributed by atoms with van der Waals surface area (Å²) < 4.78 is 0. The molecule has 0 heterocycles. The number of hydrazone groups is 1. The van der Waals surface area contributed by atoms with E-state index >= 15 is 0 Å². The molecule has 0 atom stereocenters. The van der Waals surface area contributed by atoms with E-state index in [2.05, 4.69) is 10.5 Å². The largest absolute Gasteiger partial charge is 0.301 e. The predicted octanol–water partition coefficient (Wildman–Crippen LogP) is 3.25. The zero-order chi connectivity index (χ0) is 18.6. The molecule has 11 heteroatoms. The van der Waals surface area contributed by atoms with Crippen molar-refractivity contribution in [1.82, 2.24) is 0 Å². The van der Waals surface area contributed by atoms with Gasteiger partial charge in [0.25, 0.3) is 11.4 Å². The smallest absolute Gasteiger partial charge is 0.271 e. The molecule has 128 valence electrons. The van der Waals surface area contributed by atoms with E-state index in [1.807, 2.05) is 0 Å². The molecule has 0 saturated heterocycles. The van der Waals surface area contributed by atoms with Gasteiger partial charge in [0.15, 0.2) is 0 Å². The molecule has 0 unspecified atom stereocenters. The Morgan fingerprint density at radius 3 is 2.16 bits per heavy atom. The van der Waals surface area contributed by atoms with Crippen molar-refractivity contribution in [2.24, 2.45) is 5.10 Å². The van der Waals surface area contributed by atoms with Crippen LogP contribution in [0.5, 0.6) is 0 Å². The molecule has 11 nitrogen and oxygen atoms in total. The summed E-state index contributed by atoms with van der Waals surface area (Å²) >= 11 is 0. The maximum atomic E-state index is 11.1. The van der Waals surface area contributed by atoms with E-state index in [1.165, 1.54) is 24.3 Å². The number of nitro benzene ring substituents is 3. The third kappa shape index (κ3) is 4.10. The van der Waals surface area contributed by atoms with Crippen LogP contribution in [0, 0.1) is 30.3 Å². The molecule has 0 bridgehead atoms. The number of non-ortho nitro benzene ring substituents is 2. The van der Waals surface area contributed by atoms with Crippen LogP contribution in [0.15, 0.2) is 47.6 Å². The Balaban J connectivity index is 2.32. The Morgan fingerprint density at radius 1 is 0.920 bits per heavy atom.